The van der Waals surface area contributed by atoms with Crippen molar-refractivity contribution in [1.82, 2.24) is 9.38 Å². The van der Waals surface area contributed by atoms with Crippen molar-refractivity contribution < 1.29 is 0 Å². The number of hydrogen-bond donors (Lipinski definition) is 0. The molecule has 0 unspecified atom stereocenters. The lowest BCUT2D eigenvalue weighted by atomic mass is 9.85. The minimum absolute atomic E-state index is 0.955. The van der Waals surface area contributed by atoms with E-state index in [0.717, 1.165) is 16.9 Å². The van der Waals surface area contributed by atoms with Gasteiger partial charge in [-0.2, -0.15) is 0 Å². The summed E-state index contributed by atoms with van der Waals surface area (Å²) in [5.74, 6) is 0. The van der Waals surface area contributed by atoms with Crippen LogP contribution in [0.25, 0.3) is 82.6 Å². The second kappa shape index (κ2) is 11.1. The molecule has 0 radical (unpaired) electrons. The van der Waals surface area contributed by atoms with E-state index in [-0.39, 0.29) is 0 Å². The van der Waals surface area contributed by atoms with Gasteiger partial charge in [0.15, 0.2) is 0 Å². The first-order valence-corrected chi connectivity index (χ1v) is 15.7. The summed E-state index contributed by atoms with van der Waals surface area (Å²) in [6.07, 6.45) is 4.14. The molecule has 0 aliphatic carbocycles. The summed E-state index contributed by atoms with van der Waals surface area (Å²) in [6, 6.07) is 52.7. The lowest BCUT2D eigenvalue weighted by Gasteiger charge is -2.18. The van der Waals surface area contributed by atoms with E-state index in [0.29, 0.717) is 0 Å². The SMILES string of the molecule is CC.c1ccc(-c2ccc(-c3cc(-c4ccc(-c5cn6ccccc6n5)cc4)c4ccc5cccc6ccc3c4c65)cc2)cc1. The molecule has 0 bridgehead atoms. The first-order chi connectivity index (χ1) is 22.3. The van der Waals surface area contributed by atoms with Crippen molar-refractivity contribution in [3.05, 3.63) is 158 Å². The van der Waals surface area contributed by atoms with Gasteiger partial charge in [0.25, 0.3) is 0 Å². The number of imidazole rings is 1. The van der Waals surface area contributed by atoms with Crippen LogP contribution in [0.1, 0.15) is 13.8 Å². The second-order valence-electron chi connectivity index (χ2n) is 11.3. The zero-order valence-electron chi connectivity index (χ0n) is 25.4. The van der Waals surface area contributed by atoms with Crippen LogP contribution in [0.2, 0.25) is 0 Å². The minimum atomic E-state index is 0.955. The van der Waals surface area contributed by atoms with Crippen molar-refractivity contribution in [2.45, 2.75) is 13.8 Å². The third kappa shape index (κ3) is 4.54. The quantitative estimate of drug-likeness (QED) is 0.191. The Labute approximate surface area is 263 Å². The molecule has 0 saturated heterocycles. The van der Waals surface area contributed by atoms with E-state index in [4.69, 9.17) is 4.98 Å². The summed E-state index contributed by atoms with van der Waals surface area (Å²) < 4.78 is 2.07. The summed E-state index contributed by atoms with van der Waals surface area (Å²) in [5.41, 5.74) is 10.4. The van der Waals surface area contributed by atoms with E-state index in [2.05, 4.69) is 138 Å². The van der Waals surface area contributed by atoms with Crippen molar-refractivity contribution in [2.24, 2.45) is 0 Å². The monoisotopic (exact) mass is 576 g/mol. The van der Waals surface area contributed by atoms with Gasteiger partial charge in [0, 0.05) is 18.0 Å². The molecule has 7 aromatic carbocycles. The van der Waals surface area contributed by atoms with Crippen LogP contribution in [-0.4, -0.2) is 9.38 Å². The molecule has 0 spiro atoms. The Morgan fingerprint density at radius 3 is 1.62 bits per heavy atom. The van der Waals surface area contributed by atoms with E-state index in [1.807, 2.05) is 38.2 Å². The predicted octanol–water partition coefficient (Wildman–Crippen LogP) is 11.9. The maximum absolute atomic E-state index is 4.84. The van der Waals surface area contributed by atoms with Gasteiger partial charge in [0.1, 0.15) is 5.65 Å². The molecule has 2 heteroatoms. The number of fused-ring (bicyclic) bond motifs is 1. The van der Waals surface area contributed by atoms with Gasteiger partial charge in [-0.05, 0) is 83.9 Å². The average molecular weight is 577 g/mol. The summed E-state index contributed by atoms with van der Waals surface area (Å²) in [7, 11) is 0. The molecule has 2 nitrogen and oxygen atoms in total. The van der Waals surface area contributed by atoms with Crippen LogP contribution in [0.5, 0.6) is 0 Å². The molecule has 0 saturated carbocycles. The Kier molecular flexibility index (Phi) is 6.61. The molecule has 2 heterocycles. The van der Waals surface area contributed by atoms with Crippen LogP contribution in [0.15, 0.2) is 158 Å². The van der Waals surface area contributed by atoms with Gasteiger partial charge in [-0.1, -0.05) is 141 Å². The van der Waals surface area contributed by atoms with Crippen LogP contribution in [0, 0.1) is 0 Å². The lowest BCUT2D eigenvalue weighted by molar-refractivity contribution is 1.19. The minimum Gasteiger partial charge on any atom is -0.306 e. The molecular weight excluding hydrogens is 544 g/mol. The standard InChI is InChI=1S/C41H26N2.C2H6/c1-2-7-27(8-3-1)28-12-14-29(15-13-28)36-25-37(35-23-21-33-10-6-9-32-20-22-34(36)41(35)40(32)33)30-16-18-31(19-17-30)38-26-43-24-5-4-11-39(43)42-38;1-2/h1-26H;1-2H3. The Hall–Kier alpha value is -5.73. The van der Waals surface area contributed by atoms with Gasteiger partial charge >= 0.3 is 0 Å². The highest BCUT2D eigenvalue weighted by molar-refractivity contribution is 6.28. The third-order valence-electron chi connectivity index (χ3n) is 8.80. The first-order valence-electron chi connectivity index (χ1n) is 15.7. The Morgan fingerprint density at radius 1 is 0.444 bits per heavy atom. The van der Waals surface area contributed by atoms with Gasteiger partial charge < -0.3 is 4.40 Å². The summed E-state index contributed by atoms with van der Waals surface area (Å²) in [4.78, 5) is 4.84. The highest BCUT2D eigenvalue weighted by atomic mass is 15.0. The van der Waals surface area contributed by atoms with Gasteiger partial charge in [-0.3, -0.25) is 0 Å². The number of rotatable bonds is 4. The number of nitrogens with zero attached hydrogens (tertiary/aromatic N) is 2. The predicted molar refractivity (Wildman–Crippen MR) is 192 cm³/mol. The maximum Gasteiger partial charge on any atom is 0.137 e. The van der Waals surface area contributed by atoms with Crippen molar-refractivity contribution in [3.8, 4) is 44.6 Å². The fourth-order valence-electron chi connectivity index (χ4n) is 6.68. The molecule has 0 aliphatic rings. The second-order valence-corrected chi connectivity index (χ2v) is 11.3. The molecule has 0 N–H and O–H groups in total. The zero-order valence-corrected chi connectivity index (χ0v) is 25.4. The molecule has 0 atom stereocenters. The average Bonchev–Trinajstić information content (AvgIpc) is 3.56. The van der Waals surface area contributed by atoms with Crippen LogP contribution >= 0.6 is 0 Å². The van der Waals surface area contributed by atoms with Gasteiger partial charge in [-0.15, -0.1) is 0 Å². The van der Waals surface area contributed by atoms with E-state index in [1.54, 1.807) is 0 Å². The summed E-state index contributed by atoms with van der Waals surface area (Å²) >= 11 is 0. The van der Waals surface area contributed by atoms with Crippen LogP contribution in [0.4, 0.5) is 0 Å². The molecule has 9 rings (SSSR count). The molecule has 0 amide bonds. The highest BCUT2D eigenvalue weighted by Crippen LogP contribution is 2.44. The van der Waals surface area contributed by atoms with E-state index in [9.17, 15) is 0 Å². The number of hydrogen-bond acceptors (Lipinski definition) is 1. The molecule has 0 fully saturated rings. The zero-order chi connectivity index (χ0) is 30.3. The molecule has 45 heavy (non-hydrogen) atoms. The molecular formula is C43H32N2. The third-order valence-corrected chi connectivity index (χ3v) is 8.80. The Morgan fingerprint density at radius 2 is 1.00 bits per heavy atom. The van der Waals surface area contributed by atoms with Crippen LogP contribution < -0.4 is 0 Å². The summed E-state index contributed by atoms with van der Waals surface area (Å²) in [5, 5.41) is 7.80. The van der Waals surface area contributed by atoms with Crippen molar-refractivity contribution in [1.29, 1.82) is 0 Å². The van der Waals surface area contributed by atoms with Crippen molar-refractivity contribution >= 4 is 38.0 Å². The van der Waals surface area contributed by atoms with E-state index >= 15 is 0 Å². The first kappa shape index (κ1) is 26.9. The normalized spacial score (nSPS) is 11.3. The Bertz CT molecular complexity index is 2370. The van der Waals surface area contributed by atoms with Gasteiger partial charge in [-0.25, -0.2) is 4.98 Å². The largest absolute Gasteiger partial charge is 0.306 e. The van der Waals surface area contributed by atoms with E-state index < -0.39 is 0 Å². The fraction of sp³-hybridized carbons (Fsp3) is 0.0465. The van der Waals surface area contributed by atoms with E-state index in [1.165, 1.54) is 65.7 Å². The number of benzene rings is 7. The van der Waals surface area contributed by atoms with Crippen molar-refractivity contribution in [3.63, 3.8) is 0 Å². The molecule has 0 aliphatic heterocycles. The fourth-order valence-corrected chi connectivity index (χ4v) is 6.68. The molecule has 2 aromatic heterocycles. The topological polar surface area (TPSA) is 17.3 Å². The summed E-state index contributed by atoms with van der Waals surface area (Å²) in [6.45, 7) is 4.00. The Balaban J connectivity index is 0.00000147. The molecule has 214 valence electrons. The number of pyridine rings is 1. The van der Waals surface area contributed by atoms with Gasteiger partial charge in [0.05, 0.1) is 5.69 Å². The van der Waals surface area contributed by atoms with Crippen molar-refractivity contribution in [2.75, 3.05) is 0 Å². The lowest BCUT2D eigenvalue weighted by Crippen LogP contribution is -1.91. The number of aromatic nitrogens is 2. The van der Waals surface area contributed by atoms with Crippen LogP contribution in [0.3, 0.4) is 0 Å². The maximum atomic E-state index is 4.84. The molecule has 9 aromatic rings. The van der Waals surface area contributed by atoms with Crippen LogP contribution in [-0.2, 0) is 0 Å². The highest BCUT2D eigenvalue weighted by Gasteiger charge is 2.17. The smallest absolute Gasteiger partial charge is 0.137 e. The van der Waals surface area contributed by atoms with Gasteiger partial charge in [0.2, 0.25) is 0 Å².